The minimum absolute atomic E-state index is 0.0169. The van der Waals surface area contributed by atoms with Gasteiger partial charge in [-0.25, -0.2) is 14.9 Å². The molecular weight excluding hydrogens is 205 g/mol. The Morgan fingerprint density at radius 3 is 2.57 bits per heavy atom. The van der Waals surface area contributed by atoms with Crippen molar-refractivity contribution < 1.29 is 27.5 Å². The van der Waals surface area contributed by atoms with Crippen molar-refractivity contribution in [2.45, 2.75) is 6.30 Å². The number of halogens is 3. The fourth-order valence-electron chi connectivity index (χ4n) is 0.752. The molecule has 1 heterocycles. The molecule has 0 aromatic rings. The van der Waals surface area contributed by atoms with E-state index in [-0.39, 0.29) is 12.3 Å². The molecule has 2 amide bonds. The zero-order chi connectivity index (χ0) is 10.8. The number of rotatable bonds is 1. The van der Waals surface area contributed by atoms with Gasteiger partial charge in [0.15, 0.2) is 0 Å². The van der Waals surface area contributed by atoms with E-state index < -0.39 is 18.3 Å². The molecule has 0 fully saturated rings. The number of amides is 2. The van der Waals surface area contributed by atoms with Gasteiger partial charge >= 0.3 is 18.3 Å². The predicted molar refractivity (Wildman–Crippen MR) is 36.8 cm³/mol. The molecular formula is C6H5F3N2O3. The Bertz CT molecular complexity index is 297. The van der Waals surface area contributed by atoms with Crippen LogP contribution in [-0.2, 0) is 9.53 Å². The fourth-order valence-corrected chi connectivity index (χ4v) is 0.752. The number of esters is 1. The van der Waals surface area contributed by atoms with Crippen molar-refractivity contribution in [2.24, 2.45) is 0 Å². The van der Waals surface area contributed by atoms with Crippen LogP contribution in [0.1, 0.15) is 0 Å². The third-order valence-electron chi connectivity index (χ3n) is 1.19. The Hall–Kier alpha value is -1.73. The molecule has 0 unspecified atom stereocenters. The summed E-state index contributed by atoms with van der Waals surface area (Å²) < 4.78 is 39.0. The Kier molecular flexibility index (Phi) is 2.63. The molecule has 1 rings (SSSR count). The summed E-state index contributed by atoms with van der Waals surface area (Å²) in [6.45, 7) is -0.232. The van der Waals surface area contributed by atoms with E-state index in [4.69, 9.17) is 0 Å². The van der Waals surface area contributed by atoms with Crippen molar-refractivity contribution in [2.75, 3.05) is 6.61 Å². The number of hydrogen-bond acceptors (Lipinski definition) is 3. The fraction of sp³-hybridized carbons (Fsp3) is 0.333. The first-order valence-electron chi connectivity index (χ1n) is 3.40. The van der Waals surface area contributed by atoms with Crippen LogP contribution in [0.5, 0.6) is 0 Å². The molecule has 0 aliphatic carbocycles. The van der Waals surface area contributed by atoms with Crippen molar-refractivity contribution >= 4 is 12.0 Å². The minimum atomic E-state index is -4.80. The summed E-state index contributed by atoms with van der Waals surface area (Å²) in [5, 5.41) is 2.51. The first-order valence-corrected chi connectivity index (χ1v) is 3.40. The van der Waals surface area contributed by atoms with Gasteiger partial charge in [-0.3, -0.25) is 0 Å². The number of hydrogen-bond donors (Lipinski definition) is 2. The summed E-state index contributed by atoms with van der Waals surface area (Å²) in [5.74, 6) is -0.702. The van der Waals surface area contributed by atoms with Gasteiger partial charge in [0.25, 0.3) is 0 Å². The monoisotopic (exact) mass is 210 g/mol. The second-order valence-electron chi connectivity index (χ2n) is 2.35. The van der Waals surface area contributed by atoms with Gasteiger partial charge < -0.3 is 10.1 Å². The maximum absolute atomic E-state index is 11.6. The maximum Gasteiger partial charge on any atom is 0.485 e. The van der Waals surface area contributed by atoms with Gasteiger partial charge in [-0.15, -0.1) is 0 Å². The zero-order valence-electron chi connectivity index (χ0n) is 6.64. The topological polar surface area (TPSA) is 67.4 Å². The number of urea groups is 1. The second kappa shape index (κ2) is 3.56. The molecule has 78 valence electrons. The molecule has 0 radical (unpaired) electrons. The molecule has 2 N–H and O–H groups in total. The lowest BCUT2D eigenvalue weighted by atomic mass is 10.4. The van der Waals surface area contributed by atoms with E-state index in [0.29, 0.717) is 5.32 Å². The number of cyclic esters (lactones) is 1. The highest BCUT2D eigenvalue weighted by molar-refractivity contribution is 5.87. The van der Waals surface area contributed by atoms with E-state index in [2.05, 4.69) is 4.74 Å². The average Bonchev–Trinajstić information content (AvgIpc) is 2.30. The zero-order valence-corrected chi connectivity index (χ0v) is 6.64. The Labute approximate surface area is 75.9 Å². The van der Waals surface area contributed by atoms with E-state index in [1.807, 2.05) is 5.32 Å². The molecule has 0 aromatic carbocycles. The number of alkyl halides is 3. The van der Waals surface area contributed by atoms with Crippen LogP contribution < -0.4 is 10.6 Å². The largest absolute Gasteiger partial charge is 0.485 e. The van der Waals surface area contributed by atoms with Gasteiger partial charge in [0.05, 0.1) is 5.70 Å². The van der Waals surface area contributed by atoms with Crippen molar-refractivity contribution in [3.05, 3.63) is 11.8 Å². The Morgan fingerprint density at radius 1 is 1.50 bits per heavy atom. The number of nitrogens with one attached hydrogen (secondary N) is 2. The first kappa shape index (κ1) is 10.4. The Morgan fingerprint density at radius 2 is 2.14 bits per heavy atom. The lowest BCUT2D eigenvalue weighted by Crippen LogP contribution is -2.43. The van der Waals surface area contributed by atoms with Crippen LogP contribution in [-0.4, -0.2) is 24.9 Å². The highest BCUT2D eigenvalue weighted by Gasteiger charge is 2.30. The summed E-state index contributed by atoms with van der Waals surface area (Å²) in [5.41, 5.74) is -0.0169. The summed E-state index contributed by atoms with van der Waals surface area (Å²) in [6.07, 6.45) is -3.90. The summed E-state index contributed by atoms with van der Waals surface area (Å²) in [7, 11) is 0. The smallest absolute Gasteiger partial charge is 0.456 e. The summed E-state index contributed by atoms with van der Waals surface area (Å²) in [6, 6.07) is -1.46. The summed E-state index contributed by atoms with van der Waals surface area (Å²) in [4.78, 5) is 21.0. The second-order valence-corrected chi connectivity index (χ2v) is 2.35. The lowest BCUT2D eigenvalue weighted by molar-refractivity contribution is -0.145. The molecule has 1 aliphatic rings. The van der Waals surface area contributed by atoms with Gasteiger partial charge in [0.1, 0.15) is 6.61 Å². The van der Waals surface area contributed by atoms with E-state index >= 15 is 0 Å². The van der Waals surface area contributed by atoms with Gasteiger partial charge in [-0.05, 0) is 0 Å². The van der Waals surface area contributed by atoms with Crippen molar-refractivity contribution in [3.63, 3.8) is 0 Å². The van der Waals surface area contributed by atoms with Crippen LogP contribution in [0.15, 0.2) is 11.8 Å². The molecule has 0 bridgehead atoms. The van der Waals surface area contributed by atoms with Crippen LogP contribution in [0.25, 0.3) is 0 Å². The molecule has 0 aromatic heterocycles. The molecule has 8 heteroatoms. The normalized spacial score (nSPS) is 15.9. The quantitative estimate of drug-likeness (QED) is 0.481. The molecule has 1 aliphatic heterocycles. The molecule has 14 heavy (non-hydrogen) atoms. The molecule has 0 spiro atoms. The SMILES string of the molecule is O=C(NC1=CC(=O)OC1)NC(F)(F)F. The van der Waals surface area contributed by atoms with Crippen LogP contribution in [0.2, 0.25) is 0 Å². The maximum atomic E-state index is 11.6. The Balaban J connectivity index is 2.42. The van der Waals surface area contributed by atoms with Crippen LogP contribution >= 0.6 is 0 Å². The van der Waals surface area contributed by atoms with Crippen LogP contribution in [0.4, 0.5) is 18.0 Å². The molecule has 0 saturated carbocycles. The lowest BCUT2D eigenvalue weighted by Gasteiger charge is -2.09. The van der Waals surface area contributed by atoms with Crippen molar-refractivity contribution in [1.82, 2.24) is 10.6 Å². The number of carbonyl (C=O) groups is 2. The van der Waals surface area contributed by atoms with Crippen molar-refractivity contribution in [3.8, 4) is 0 Å². The first-order chi connectivity index (χ1) is 6.37. The highest BCUT2D eigenvalue weighted by atomic mass is 19.4. The van der Waals surface area contributed by atoms with Gasteiger partial charge in [-0.1, -0.05) is 0 Å². The van der Waals surface area contributed by atoms with E-state index in [1.54, 1.807) is 0 Å². The van der Waals surface area contributed by atoms with E-state index in [1.165, 1.54) is 0 Å². The molecule has 5 nitrogen and oxygen atoms in total. The highest BCUT2D eigenvalue weighted by Crippen LogP contribution is 2.09. The summed E-state index contributed by atoms with van der Waals surface area (Å²) >= 11 is 0. The molecule has 0 atom stereocenters. The third kappa shape index (κ3) is 3.33. The van der Waals surface area contributed by atoms with Crippen LogP contribution in [0.3, 0.4) is 0 Å². The third-order valence-corrected chi connectivity index (χ3v) is 1.19. The van der Waals surface area contributed by atoms with E-state index in [0.717, 1.165) is 6.08 Å². The van der Waals surface area contributed by atoms with Gasteiger partial charge in [0.2, 0.25) is 0 Å². The predicted octanol–water partition coefficient (Wildman–Crippen LogP) is 0.246. The standard InChI is InChI=1S/C6H5F3N2O3/c7-6(8,9)11-5(13)10-3-1-4(12)14-2-3/h1H,2H2,(H2,10,11,13). The average molecular weight is 210 g/mol. The van der Waals surface area contributed by atoms with Crippen molar-refractivity contribution in [1.29, 1.82) is 0 Å². The van der Waals surface area contributed by atoms with E-state index in [9.17, 15) is 22.8 Å². The minimum Gasteiger partial charge on any atom is -0.456 e. The van der Waals surface area contributed by atoms with Gasteiger partial charge in [0, 0.05) is 6.08 Å². The molecule has 0 saturated heterocycles. The van der Waals surface area contributed by atoms with Gasteiger partial charge in [-0.2, -0.15) is 13.2 Å². The number of ether oxygens (including phenoxy) is 1. The number of carbonyl (C=O) groups excluding carboxylic acids is 2. The van der Waals surface area contributed by atoms with Crippen LogP contribution in [0, 0.1) is 0 Å².